The number of aromatic nitrogens is 3. The summed E-state index contributed by atoms with van der Waals surface area (Å²) in [7, 11) is 0. The van der Waals surface area contributed by atoms with Crippen molar-refractivity contribution in [2.45, 2.75) is 45.9 Å². The van der Waals surface area contributed by atoms with E-state index in [1.807, 2.05) is 4.68 Å². The molecule has 2 unspecified atom stereocenters. The van der Waals surface area contributed by atoms with Gasteiger partial charge in [-0.2, -0.15) is 5.10 Å². The van der Waals surface area contributed by atoms with Gasteiger partial charge in [0.1, 0.15) is 12.2 Å². The van der Waals surface area contributed by atoms with E-state index >= 15 is 0 Å². The quantitative estimate of drug-likeness (QED) is 0.809. The summed E-state index contributed by atoms with van der Waals surface area (Å²) in [5.41, 5.74) is 0. The molecule has 0 spiro atoms. The molecule has 1 aliphatic heterocycles. The Morgan fingerprint density at radius 1 is 1.59 bits per heavy atom. The van der Waals surface area contributed by atoms with Crippen molar-refractivity contribution in [2.75, 3.05) is 13.2 Å². The SMILES string of the molecule is CCCn1ncnc1CNCC1CCOC1C. The molecular formula is C12H22N4O. The maximum absolute atomic E-state index is 5.54. The smallest absolute Gasteiger partial charge is 0.140 e. The molecule has 2 heterocycles. The first-order valence-corrected chi connectivity index (χ1v) is 6.50. The summed E-state index contributed by atoms with van der Waals surface area (Å²) in [6, 6.07) is 0. The molecule has 1 N–H and O–H groups in total. The van der Waals surface area contributed by atoms with Crippen LogP contribution < -0.4 is 5.32 Å². The van der Waals surface area contributed by atoms with E-state index in [4.69, 9.17) is 4.74 Å². The summed E-state index contributed by atoms with van der Waals surface area (Å²) < 4.78 is 7.52. The van der Waals surface area contributed by atoms with Crippen LogP contribution in [0.1, 0.15) is 32.5 Å². The van der Waals surface area contributed by atoms with Crippen molar-refractivity contribution in [2.24, 2.45) is 5.92 Å². The molecule has 1 saturated heterocycles. The molecule has 1 aromatic rings. The maximum atomic E-state index is 5.54. The first kappa shape index (κ1) is 12.5. The number of aryl methyl sites for hydroxylation is 1. The standard InChI is InChI=1S/C12H22N4O/c1-3-5-16-12(14-9-15-16)8-13-7-11-4-6-17-10(11)2/h9-11,13H,3-8H2,1-2H3. The highest BCUT2D eigenvalue weighted by molar-refractivity contribution is 4.84. The van der Waals surface area contributed by atoms with Gasteiger partial charge in [-0.1, -0.05) is 6.92 Å². The van der Waals surface area contributed by atoms with Crippen LogP contribution in [-0.2, 0) is 17.8 Å². The van der Waals surface area contributed by atoms with E-state index < -0.39 is 0 Å². The molecule has 0 radical (unpaired) electrons. The second-order valence-electron chi connectivity index (χ2n) is 4.65. The lowest BCUT2D eigenvalue weighted by atomic mass is 10.0. The Labute approximate surface area is 103 Å². The van der Waals surface area contributed by atoms with E-state index in [0.717, 1.165) is 44.9 Å². The van der Waals surface area contributed by atoms with Crippen LogP contribution >= 0.6 is 0 Å². The molecule has 1 fully saturated rings. The lowest BCUT2D eigenvalue weighted by Crippen LogP contribution is -2.27. The van der Waals surface area contributed by atoms with E-state index in [0.29, 0.717) is 12.0 Å². The molecule has 5 heteroatoms. The molecule has 1 aromatic heterocycles. The summed E-state index contributed by atoms with van der Waals surface area (Å²) >= 11 is 0. The first-order chi connectivity index (χ1) is 8.31. The minimum Gasteiger partial charge on any atom is -0.378 e. The third-order valence-corrected chi connectivity index (χ3v) is 3.35. The van der Waals surface area contributed by atoms with Crippen molar-refractivity contribution in [3.63, 3.8) is 0 Å². The predicted octanol–water partition coefficient (Wildman–Crippen LogP) is 1.20. The van der Waals surface area contributed by atoms with Gasteiger partial charge in [0, 0.05) is 19.7 Å². The summed E-state index contributed by atoms with van der Waals surface area (Å²) in [6.45, 7) is 7.94. The monoisotopic (exact) mass is 238 g/mol. The van der Waals surface area contributed by atoms with E-state index in [1.165, 1.54) is 0 Å². The Morgan fingerprint density at radius 2 is 2.47 bits per heavy atom. The van der Waals surface area contributed by atoms with Gasteiger partial charge in [-0.05, 0) is 25.7 Å². The highest BCUT2D eigenvalue weighted by atomic mass is 16.5. The Hall–Kier alpha value is -0.940. The average Bonchev–Trinajstić information content (AvgIpc) is 2.90. The Balaban J connectivity index is 1.75. The topological polar surface area (TPSA) is 52.0 Å². The highest BCUT2D eigenvalue weighted by Gasteiger charge is 2.23. The molecule has 0 saturated carbocycles. The first-order valence-electron chi connectivity index (χ1n) is 6.50. The minimum absolute atomic E-state index is 0.385. The van der Waals surface area contributed by atoms with E-state index in [1.54, 1.807) is 6.33 Å². The zero-order valence-corrected chi connectivity index (χ0v) is 10.7. The van der Waals surface area contributed by atoms with Crippen molar-refractivity contribution >= 4 is 0 Å². The number of hydrogen-bond donors (Lipinski definition) is 1. The van der Waals surface area contributed by atoms with Crippen molar-refractivity contribution in [3.05, 3.63) is 12.2 Å². The van der Waals surface area contributed by atoms with E-state index in [-0.39, 0.29) is 0 Å². The fraction of sp³-hybridized carbons (Fsp3) is 0.833. The van der Waals surface area contributed by atoms with Crippen molar-refractivity contribution in [1.29, 1.82) is 0 Å². The van der Waals surface area contributed by atoms with Crippen molar-refractivity contribution in [3.8, 4) is 0 Å². The van der Waals surface area contributed by atoms with Crippen LogP contribution in [0.4, 0.5) is 0 Å². The third kappa shape index (κ3) is 3.26. The zero-order chi connectivity index (χ0) is 12.1. The molecule has 0 aliphatic carbocycles. The Morgan fingerprint density at radius 3 is 3.18 bits per heavy atom. The van der Waals surface area contributed by atoms with Gasteiger partial charge in [0.05, 0.1) is 12.6 Å². The third-order valence-electron chi connectivity index (χ3n) is 3.35. The second kappa shape index (κ2) is 6.12. The fourth-order valence-electron chi connectivity index (χ4n) is 2.24. The largest absolute Gasteiger partial charge is 0.378 e. The molecule has 0 aromatic carbocycles. The average molecular weight is 238 g/mol. The van der Waals surface area contributed by atoms with Crippen LogP contribution in [0.2, 0.25) is 0 Å². The van der Waals surface area contributed by atoms with Gasteiger partial charge in [0.2, 0.25) is 0 Å². The van der Waals surface area contributed by atoms with Crippen LogP contribution in [0.3, 0.4) is 0 Å². The zero-order valence-electron chi connectivity index (χ0n) is 10.7. The molecule has 5 nitrogen and oxygen atoms in total. The molecular weight excluding hydrogens is 216 g/mol. The Bertz CT molecular complexity index is 339. The van der Waals surface area contributed by atoms with E-state index in [9.17, 15) is 0 Å². The molecule has 17 heavy (non-hydrogen) atoms. The number of ether oxygens (including phenoxy) is 1. The second-order valence-corrected chi connectivity index (χ2v) is 4.65. The Kier molecular flexibility index (Phi) is 4.50. The van der Waals surface area contributed by atoms with E-state index in [2.05, 4.69) is 29.2 Å². The van der Waals surface area contributed by atoms with Crippen LogP contribution in [0.5, 0.6) is 0 Å². The van der Waals surface area contributed by atoms with Gasteiger partial charge in [0.25, 0.3) is 0 Å². The van der Waals surface area contributed by atoms with Gasteiger partial charge >= 0.3 is 0 Å². The van der Waals surface area contributed by atoms with Gasteiger partial charge in [-0.25, -0.2) is 9.67 Å². The van der Waals surface area contributed by atoms with Gasteiger partial charge in [0.15, 0.2) is 0 Å². The van der Waals surface area contributed by atoms with Crippen molar-refractivity contribution in [1.82, 2.24) is 20.1 Å². The predicted molar refractivity (Wildman–Crippen MR) is 65.5 cm³/mol. The molecule has 0 bridgehead atoms. The number of nitrogens with one attached hydrogen (secondary N) is 1. The van der Waals surface area contributed by atoms with Crippen LogP contribution in [0.25, 0.3) is 0 Å². The lowest BCUT2D eigenvalue weighted by molar-refractivity contribution is 0.105. The number of rotatable bonds is 6. The molecule has 0 amide bonds. The van der Waals surface area contributed by atoms with Gasteiger partial charge in [-0.3, -0.25) is 0 Å². The van der Waals surface area contributed by atoms with Crippen LogP contribution in [0.15, 0.2) is 6.33 Å². The van der Waals surface area contributed by atoms with Gasteiger partial charge in [-0.15, -0.1) is 0 Å². The highest BCUT2D eigenvalue weighted by Crippen LogP contribution is 2.19. The van der Waals surface area contributed by atoms with Crippen LogP contribution in [-0.4, -0.2) is 34.0 Å². The lowest BCUT2D eigenvalue weighted by Gasteiger charge is -2.14. The normalized spacial score (nSPS) is 24.4. The van der Waals surface area contributed by atoms with Crippen molar-refractivity contribution < 1.29 is 4.74 Å². The summed E-state index contributed by atoms with van der Waals surface area (Å²) in [5.74, 6) is 1.66. The molecule has 2 rings (SSSR count). The molecule has 96 valence electrons. The maximum Gasteiger partial charge on any atom is 0.140 e. The molecule has 1 aliphatic rings. The summed E-state index contributed by atoms with van der Waals surface area (Å²) in [4.78, 5) is 4.28. The molecule has 2 atom stereocenters. The summed E-state index contributed by atoms with van der Waals surface area (Å²) in [5, 5.41) is 7.67. The minimum atomic E-state index is 0.385. The summed E-state index contributed by atoms with van der Waals surface area (Å²) in [6.07, 6.45) is 4.27. The number of nitrogens with zero attached hydrogens (tertiary/aromatic N) is 3. The van der Waals surface area contributed by atoms with Gasteiger partial charge < -0.3 is 10.1 Å². The van der Waals surface area contributed by atoms with Crippen LogP contribution in [0, 0.1) is 5.92 Å². The fourth-order valence-corrected chi connectivity index (χ4v) is 2.24. The number of hydrogen-bond acceptors (Lipinski definition) is 4.